The number of carbonyl (C=O) groups excluding carboxylic acids is 1. The van der Waals surface area contributed by atoms with Crippen LogP contribution in [0.15, 0.2) is 0 Å². The van der Waals surface area contributed by atoms with Gasteiger partial charge in [0.15, 0.2) is 8.24 Å². The highest BCUT2D eigenvalue weighted by Gasteiger charge is 2.46. The molecular weight excluding hydrogens is 301 g/mol. The maximum atomic E-state index is 13.3. The minimum atomic E-state index is -1.59. The molecule has 0 aromatic rings. The molecule has 0 aliphatic rings. The molecule has 0 saturated heterocycles. The summed E-state index contributed by atoms with van der Waals surface area (Å²) in [6.45, 7) is 25.6. The van der Waals surface area contributed by atoms with Crippen LogP contribution in [0.2, 0.25) is 58.9 Å². The van der Waals surface area contributed by atoms with Crippen molar-refractivity contribution in [3.8, 4) is 0 Å². The molecule has 0 heterocycles. The molecule has 0 spiro atoms. The van der Waals surface area contributed by atoms with Crippen LogP contribution in [0.4, 0.5) is 4.79 Å². The Bertz CT molecular complexity index is 312. The van der Waals surface area contributed by atoms with Gasteiger partial charge in [0.05, 0.1) is 15.5 Å². The smallest absolute Gasteiger partial charge is 0.228 e. The van der Waals surface area contributed by atoms with Crippen molar-refractivity contribution in [3.05, 3.63) is 0 Å². The monoisotopic (exact) mass is 335 g/mol. The summed E-state index contributed by atoms with van der Waals surface area (Å²) < 4.78 is 2.29. The molecule has 1 amide bonds. The maximum absolute atomic E-state index is 13.3. The lowest BCUT2D eigenvalue weighted by atomic mass is 10.4. The van der Waals surface area contributed by atoms with E-state index in [1.807, 2.05) is 0 Å². The van der Waals surface area contributed by atoms with Crippen LogP contribution in [0.1, 0.15) is 13.8 Å². The molecule has 0 aliphatic carbocycles. The minimum Gasteiger partial charge on any atom is -0.365 e. The Kier molecular flexibility index (Phi) is 6.30. The van der Waals surface area contributed by atoms with Crippen LogP contribution in [-0.4, -0.2) is 40.0 Å². The Labute approximate surface area is 124 Å². The average Bonchev–Trinajstić information content (AvgIpc) is 1.91. The topological polar surface area (TPSA) is 20.3 Å². The summed E-state index contributed by atoms with van der Waals surface area (Å²) in [5.41, 5.74) is 0.530. The van der Waals surface area contributed by atoms with Crippen LogP contribution in [0.5, 0.6) is 0 Å². The van der Waals surface area contributed by atoms with Crippen molar-refractivity contribution in [2.75, 3.05) is 0 Å². The molecule has 0 atom stereocenters. The first-order valence-corrected chi connectivity index (χ1v) is 20.7. The summed E-state index contributed by atoms with van der Waals surface area (Å²) in [6, 6.07) is 0.344. The highest BCUT2D eigenvalue weighted by molar-refractivity contribution is 8.27. The van der Waals surface area contributed by atoms with Gasteiger partial charge in [-0.05, 0) is 20.9 Å². The second-order valence-corrected chi connectivity index (χ2v) is 35.2. The van der Waals surface area contributed by atoms with E-state index in [1.165, 1.54) is 0 Å². The highest BCUT2D eigenvalue weighted by Crippen LogP contribution is 2.57. The zero-order chi connectivity index (χ0) is 15.8. The van der Waals surface area contributed by atoms with E-state index in [0.29, 0.717) is 11.7 Å². The standard InChI is InChI=1S/C13H34NOPSi3/c1-12(2)14(17(3,4)5)13(15)16(18(6,7)8)19(9,10)11/h12H,1-11H3. The second-order valence-electron chi connectivity index (χ2n) is 8.59. The third kappa shape index (κ3) is 5.44. The van der Waals surface area contributed by atoms with Crippen molar-refractivity contribution in [1.29, 1.82) is 0 Å². The van der Waals surface area contributed by atoms with Crippen molar-refractivity contribution in [3.63, 3.8) is 0 Å². The van der Waals surface area contributed by atoms with Crippen LogP contribution in [0.25, 0.3) is 0 Å². The van der Waals surface area contributed by atoms with Gasteiger partial charge >= 0.3 is 0 Å². The van der Waals surface area contributed by atoms with Crippen LogP contribution in [-0.2, 0) is 0 Å². The summed E-state index contributed by atoms with van der Waals surface area (Å²) in [7, 11) is -4.86. The van der Waals surface area contributed by atoms with E-state index >= 15 is 0 Å². The van der Waals surface area contributed by atoms with Gasteiger partial charge in [0, 0.05) is 6.04 Å². The molecule has 6 heteroatoms. The first-order valence-electron chi connectivity index (χ1n) is 7.24. The van der Waals surface area contributed by atoms with Gasteiger partial charge < -0.3 is 4.57 Å². The molecule has 0 aromatic carbocycles. The van der Waals surface area contributed by atoms with Crippen LogP contribution >= 0.6 is 7.02 Å². The largest absolute Gasteiger partial charge is 0.365 e. The number of rotatable bonds is 5. The van der Waals surface area contributed by atoms with Gasteiger partial charge in [-0.3, -0.25) is 4.79 Å². The third-order valence-corrected chi connectivity index (χ3v) is 29.9. The van der Waals surface area contributed by atoms with Gasteiger partial charge in [0.1, 0.15) is 0 Å². The molecule has 114 valence electrons. The van der Waals surface area contributed by atoms with Gasteiger partial charge in [-0.2, -0.15) is 0 Å². The normalized spacial score (nSPS) is 14.2. The quantitative estimate of drug-likeness (QED) is 0.459. The molecular formula is C13H34NOPSi3. The molecule has 0 unspecified atom stereocenters. The van der Waals surface area contributed by atoms with Crippen molar-refractivity contribution >= 4 is 36.4 Å². The number of hydrogen-bond donors (Lipinski definition) is 0. The molecule has 0 fully saturated rings. The van der Waals surface area contributed by atoms with Crippen LogP contribution < -0.4 is 0 Å². The molecule has 0 bridgehead atoms. The van der Waals surface area contributed by atoms with Crippen molar-refractivity contribution in [1.82, 2.24) is 4.57 Å². The fourth-order valence-corrected chi connectivity index (χ4v) is 38.7. The van der Waals surface area contributed by atoms with Gasteiger partial charge in [-0.25, -0.2) is 0 Å². The Morgan fingerprint density at radius 2 is 1.16 bits per heavy atom. The SMILES string of the molecule is CC(C)N(C(=O)P([Si](C)(C)C)[Si](C)(C)C)[Si](C)(C)C. The van der Waals surface area contributed by atoms with E-state index in [4.69, 9.17) is 0 Å². The van der Waals surface area contributed by atoms with E-state index in [1.54, 1.807) is 0 Å². The van der Waals surface area contributed by atoms with Crippen LogP contribution in [0.3, 0.4) is 0 Å². The predicted octanol–water partition coefficient (Wildman–Crippen LogP) is 5.80. The van der Waals surface area contributed by atoms with Gasteiger partial charge in [-0.15, -0.1) is 0 Å². The Morgan fingerprint density at radius 1 is 0.842 bits per heavy atom. The first kappa shape index (κ1) is 19.6. The van der Waals surface area contributed by atoms with Crippen molar-refractivity contribution in [2.45, 2.75) is 78.8 Å². The van der Waals surface area contributed by atoms with Gasteiger partial charge in [-0.1, -0.05) is 58.9 Å². The van der Waals surface area contributed by atoms with Crippen molar-refractivity contribution in [2.24, 2.45) is 0 Å². The second kappa shape index (κ2) is 6.12. The lowest BCUT2D eigenvalue weighted by Crippen LogP contribution is -2.55. The summed E-state index contributed by atoms with van der Waals surface area (Å²) in [4.78, 5) is 13.3. The Hall–Kier alpha value is 0.551. The molecule has 0 aromatic heterocycles. The third-order valence-electron chi connectivity index (χ3n) is 2.98. The zero-order valence-corrected chi connectivity index (χ0v) is 18.8. The lowest BCUT2D eigenvalue weighted by Gasteiger charge is -2.46. The summed E-state index contributed by atoms with van der Waals surface area (Å²) in [6.07, 6.45) is 0. The fraction of sp³-hybridized carbons (Fsp3) is 0.923. The molecule has 0 aliphatic heterocycles. The summed E-state index contributed by atoms with van der Waals surface area (Å²) >= 11 is 0. The Balaban J connectivity index is 5.66. The highest BCUT2D eigenvalue weighted by atomic mass is 31.6. The van der Waals surface area contributed by atoms with E-state index in [9.17, 15) is 4.79 Å². The molecule has 19 heavy (non-hydrogen) atoms. The van der Waals surface area contributed by atoms with Crippen molar-refractivity contribution < 1.29 is 4.79 Å². The Morgan fingerprint density at radius 3 is 1.32 bits per heavy atom. The van der Waals surface area contributed by atoms with E-state index < -0.39 is 30.7 Å². The summed E-state index contributed by atoms with van der Waals surface area (Å²) in [5.74, 6) is 0. The number of hydrogen-bond acceptors (Lipinski definition) is 1. The maximum Gasteiger partial charge on any atom is 0.228 e. The van der Waals surface area contributed by atoms with Gasteiger partial charge in [0.2, 0.25) is 5.65 Å². The molecule has 0 radical (unpaired) electrons. The van der Waals surface area contributed by atoms with Crippen LogP contribution in [0, 0.1) is 0 Å². The lowest BCUT2D eigenvalue weighted by molar-refractivity contribution is 0.237. The average molecular weight is 336 g/mol. The number of nitrogens with zero attached hydrogens (tertiary/aromatic N) is 1. The predicted molar refractivity (Wildman–Crippen MR) is 99.3 cm³/mol. The first-order chi connectivity index (χ1) is 8.10. The number of amides is 1. The van der Waals surface area contributed by atoms with E-state index in [-0.39, 0.29) is 0 Å². The van der Waals surface area contributed by atoms with E-state index in [0.717, 1.165) is 0 Å². The zero-order valence-electron chi connectivity index (χ0n) is 14.9. The van der Waals surface area contributed by atoms with E-state index in [2.05, 4.69) is 77.3 Å². The molecule has 2 nitrogen and oxygen atoms in total. The number of carbonyl (C=O) groups is 1. The van der Waals surface area contributed by atoms with Gasteiger partial charge in [0.25, 0.3) is 0 Å². The molecule has 0 N–H and O–H groups in total. The summed E-state index contributed by atoms with van der Waals surface area (Å²) in [5, 5.41) is 0. The fourth-order valence-electron chi connectivity index (χ4n) is 2.97. The minimum absolute atomic E-state index is 0.344. The molecule has 0 saturated carbocycles. The molecule has 0 rings (SSSR count).